The Labute approximate surface area is 150 Å². The van der Waals surface area contributed by atoms with Gasteiger partial charge >= 0.3 is 0 Å². The minimum atomic E-state index is -0.475. The second kappa shape index (κ2) is 7.26. The Morgan fingerprint density at radius 1 is 1.00 bits per heavy atom. The molecular formula is C19H18O7. The molecule has 0 bridgehead atoms. The second-order valence-electron chi connectivity index (χ2n) is 5.37. The summed E-state index contributed by atoms with van der Waals surface area (Å²) in [4.78, 5) is 12.7. The Kier molecular flexibility index (Phi) is 4.88. The summed E-state index contributed by atoms with van der Waals surface area (Å²) in [7, 11) is 4.37. The van der Waals surface area contributed by atoms with Gasteiger partial charge in [0.1, 0.15) is 28.6 Å². The van der Waals surface area contributed by atoms with E-state index in [0.29, 0.717) is 22.8 Å². The summed E-state index contributed by atoms with van der Waals surface area (Å²) in [5.74, 6) is 1.45. The number of aliphatic hydroxyl groups is 1. The van der Waals surface area contributed by atoms with Crippen LogP contribution in [-0.2, 0) is 0 Å². The van der Waals surface area contributed by atoms with Crippen LogP contribution in [0.1, 0.15) is 15.9 Å². The van der Waals surface area contributed by atoms with Crippen molar-refractivity contribution in [3.8, 4) is 28.7 Å². The fraction of sp³-hybridized carbons (Fsp3) is 0.211. The first-order valence-corrected chi connectivity index (χ1v) is 7.72. The second-order valence-corrected chi connectivity index (χ2v) is 5.37. The van der Waals surface area contributed by atoms with Gasteiger partial charge in [-0.15, -0.1) is 0 Å². The average Bonchev–Trinajstić information content (AvgIpc) is 3.14. The predicted octanol–water partition coefficient (Wildman–Crippen LogP) is 3.22. The molecule has 0 unspecified atom stereocenters. The molecule has 0 saturated carbocycles. The third-order valence-corrected chi connectivity index (χ3v) is 3.90. The van der Waals surface area contributed by atoms with Crippen molar-refractivity contribution in [2.24, 2.45) is 0 Å². The van der Waals surface area contributed by atoms with Crippen LogP contribution in [-0.4, -0.2) is 39.0 Å². The number of allylic oxidation sites excluding steroid dienone is 1. The van der Waals surface area contributed by atoms with Crippen LogP contribution >= 0.6 is 0 Å². The summed E-state index contributed by atoms with van der Waals surface area (Å²) >= 11 is 0. The molecule has 2 aromatic carbocycles. The monoisotopic (exact) mass is 358 g/mol. The van der Waals surface area contributed by atoms with Gasteiger partial charge in [0.2, 0.25) is 6.79 Å². The number of hydrogen-bond donors (Lipinski definition) is 1. The molecule has 0 aromatic heterocycles. The predicted molar refractivity (Wildman–Crippen MR) is 93.6 cm³/mol. The summed E-state index contributed by atoms with van der Waals surface area (Å²) in [6, 6.07) is 8.04. The smallest absolute Gasteiger partial charge is 0.231 e. The molecule has 7 heteroatoms. The van der Waals surface area contributed by atoms with Gasteiger partial charge in [0.25, 0.3) is 0 Å². The number of carbonyl (C=O) groups is 1. The van der Waals surface area contributed by atoms with Gasteiger partial charge in [-0.05, 0) is 18.2 Å². The topological polar surface area (TPSA) is 83.5 Å². The Morgan fingerprint density at radius 2 is 1.65 bits per heavy atom. The van der Waals surface area contributed by atoms with Gasteiger partial charge < -0.3 is 28.8 Å². The van der Waals surface area contributed by atoms with Crippen molar-refractivity contribution < 1.29 is 33.6 Å². The molecule has 0 fully saturated rings. The van der Waals surface area contributed by atoms with Crippen LogP contribution in [0.15, 0.2) is 36.4 Å². The zero-order valence-corrected chi connectivity index (χ0v) is 14.6. The lowest BCUT2D eigenvalue weighted by Crippen LogP contribution is -2.04. The number of ether oxygens (including phenoxy) is 5. The highest BCUT2D eigenvalue weighted by Crippen LogP contribution is 2.36. The van der Waals surface area contributed by atoms with Crippen LogP contribution in [0.4, 0.5) is 0 Å². The van der Waals surface area contributed by atoms with E-state index in [9.17, 15) is 9.90 Å². The van der Waals surface area contributed by atoms with E-state index in [1.54, 1.807) is 30.3 Å². The van der Waals surface area contributed by atoms with Crippen LogP contribution in [0.5, 0.6) is 28.7 Å². The van der Waals surface area contributed by atoms with E-state index in [1.807, 2.05) is 0 Å². The van der Waals surface area contributed by atoms with E-state index in [4.69, 9.17) is 23.7 Å². The molecule has 1 N–H and O–H groups in total. The highest BCUT2D eigenvalue weighted by Gasteiger charge is 2.20. The highest BCUT2D eigenvalue weighted by atomic mass is 16.7. The van der Waals surface area contributed by atoms with Crippen molar-refractivity contribution in [2.45, 2.75) is 0 Å². The maximum Gasteiger partial charge on any atom is 0.231 e. The molecule has 26 heavy (non-hydrogen) atoms. The maximum atomic E-state index is 12.7. The van der Waals surface area contributed by atoms with Gasteiger partial charge in [-0.3, -0.25) is 4.79 Å². The summed E-state index contributed by atoms with van der Waals surface area (Å²) in [5.41, 5.74) is 0.608. The van der Waals surface area contributed by atoms with Crippen molar-refractivity contribution in [3.05, 3.63) is 47.5 Å². The molecule has 3 rings (SSSR count). The van der Waals surface area contributed by atoms with Crippen LogP contribution in [0.25, 0.3) is 5.76 Å². The lowest BCUT2D eigenvalue weighted by molar-refractivity contribution is 0.104. The van der Waals surface area contributed by atoms with Crippen molar-refractivity contribution in [1.82, 2.24) is 0 Å². The number of ketones is 1. The fourth-order valence-corrected chi connectivity index (χ4v) is 2.58. The number of benzene rings is 2. The molecule has 1 aliphatic rings. The number of carbonyl (C=O) groups excluding carboxylic acids is 1. The quantitative estimate of drug-likeness (QED) is 0.482. The van der Waals surface area contributed by atoms with Gasteiger partial charge in [0, 0.05) is 23.8 Å². The molecule has 2 aromatic rings. The molecule has 1 heterocycles. The normalized spacial score (nSPS) is 12.7. The number of fused-ring (bicyclic) bond motifs is 1. The molecule has 7 nitrogen and oxygen atoms in total. The third-order valence-electron chi connectivity index (χ3n) is 3.90. The Hall–Kier alpha value is -3.35. The molecule has 0 radical (unpaired) electrons. The minimum Gasteiger partial charge on any atom is -0.507 e. The van der Waals surface area contributed by atoms with Crippen molar-refractivity contribution in [2.75, 3.05) is 28.1 Å². The summed E-state index contributed by atoms with van der Waals surface area (Å²) < 4.78 is 26.2. The van der Waals surface area contributed by atoms with Gasteiger partial charge in [0.15, 0.2) is 17.3 Å². The Morgan fingerprint density at radius 3 is 2.27 bits per heavy atom. The first-order valence-electron chi connectivity index (χ1n) is 7.72. The third kappa shape index (κ3) is 3.23. The molecule has 0 aliphatic carbocycles. The van der Waals surface area contributed by atoms with Crippen molar-refractivity contribution in [3.63, 3.8) is 0 Å². The van der Waals surface area contributed by atoms with Crippen LogP contribution in [0.3, 0.4) is 0 Å². The van der Waals surface area contributed by atoms with Gasteiger partial charge in [0.05, 0.1) is 21.3 Å². The minimum absolute atomic E-state index is 0.127. The zero-order chi connectivity index (χ0) is 18.7. The summed E-state index contributed by atoms with van der Waals surface area (Å²) in [6.45, 7) is 0.127. The van der Waals surface area contributed by atoms with Crippen LogP contribution < -0.4 is 23.7 Å². The number of aliphatic hydroxyl groups excluding tert-OH is 1. The molecule has 0 saturated heterocycles. The summed E-state index contributed by atoms with van der Waals surface area (Å²) in [6.07, 6.45) is 1.10. The lowest BCUT2D eigenvalue weighted by atomic mass is 10.0. The average molecular weight is 358 g/mol. The van der Waals surface area contributed by atoms with E-state index in [0.717, 1.165) is 6.08 Å². The first kappa shape index (κ1) is 17.5. The Balaban J connectivity index is 1.97. The first-order chi connectivity index (χ1) is 12.6. The van der Waals surface area contributed by atoms with E-state index >= 15 is 0 Å². The number of hydrogen-bond acceptors (Lipinski definition) is 7. The molecule has 0 atom stereocenters. The van der Waals surface area contributed by atoms with E-state index < -0.39 is 5.78 Å². The lowest BCUT2D eigenvalue weighted by Gasteiger charge is -2.13. The molecule has 0 spiro atoms. The van der Waals surface area contributed by atoms with Crippen LogP contribution in [0, 0.1) is 0 Å². The van der Waals surface area contributed by atoms with Gasteiger partial charge in [-0.25, -0.2) is 0 Å². The van der Waals surface area contributed by atoms with E-state index in [2.05, 4.69) is 0 Å². The van der Waals surface area contributed by atoms with E-state index in [-0.39, 0.29) is 29.6 Å². The number of methoxy groups -OCH3 is 3. The van der Waals surface area contributed by atoms with E-state index in [1.165, 1.54) is 21.3 Å². The highest BCUT2D eigenvalue weighted by molar-refractivity contribution is 6.11. The van der Waals surface area contributed by atoms with Crippen molar-refractivity contribution in [1.29, 1.82) is 0 Å². The molecule has 136 valence electrons. The SMILES string of the molecule is COc1cc(OC)c(C(=O)/C=C(/O)c2ccc3c(c2)OCO3)c(OC)c1. The fourth-order valence-electron chi connectivity index (χ4n) is 2.58. The number of rotatable bonds is 6. The summed E-state index contributed by atoms with van der Waals surface area (Å²) in [5, 5.41) is 10.3. The van der Waals surface area contributed by atoms with Crippen LogP contribution in [0.2, 0.25) is 0 Å². The standard InChI is InChI=1S/C19H18O7/c1-22-12-7-17(23-2)19(18(8-12)24-3)14(21)9-13(20)11-4-5-15-16(6-11)26-10-25-15/h4-9,20H,10H2,1-3H3/b13-9+. The largest absolute Gasteiger partial charge is 0.507 e. The molecule has 0 amide bonds. The molecular weight excluding hydrogens is 340 g/mol. The van der Waals surface area contributed by atoms with Gasteiger partial charge in [-0.1, -0.05) is 0 Å². The zero-order valence-electron chi connectivity index (χ0n) is 14.6. The molecule has 1 aliphatic heterocycles. The van der Waals surface area contributed by atoms with Crippen molar-refractivity contribution >= 4 is 11.5 Å². The Bertz CT molecular complexity index is 845. The maximum absolute atomic E-state index is 12.7. The van der Waals surface area contributed by atoms with Gasteiger partial charge in [-0.2, -0.15) is 0 Å².